The summed E-state index contributed by atoms with van der Waals surface area (Å²) in [7, 11) is -0.757. The Bertz CT molecular complexity index is 1320. The molecular formula is C25H31N3O5S. The van der Waals surface area contributed by atoms with Gasteiger partial charge in [0.2, 0.25) is 10.0 Å². The van der Waals surface area contributed by atoms with Crippen molar-refractivity contribution in [2.75, 3.05) is 40.4 Å². The number of nitrogens with zero attached hydrogens (tertiary/aromatic N) is 2. The fraction of sp³-hybridized carbons (Fsp3) is 0.400. The van der Waals surface area contributed by atoms with Gasteiger partial charge in [-0.15, -0.1) is 0 Å². The Labute approximate surface area is 200 Å². The van der Waals surface area contributed by atoms with Gasteiger partial charge in [-0.25, -0.2) is 8.42 Å². The van der Waals surface area contributed by atoms with Crippen LogP contribution in [0, 0.1) is 0 Å². The summed E-state index contributed by atoms with van der Waals surface area (Å²) in [5.41, 5.74) is 2.64. The lowest BCUT2D eigenvalue weighted by Gasteiger charge is -2.33. The highest BCUT2D eigenvalue weighted by molar-refractivity contribution is 7.89. The maximum absolute atomic E-state index is 13.2. The van der Waals surface area contributed by atoms with Crippen LogP contribution in [0.1, 0.15) is 36.8 Å². The van der Waals surface area contributed by atoms with Gasteiger partial charge in [0.1, 0.15) is 5.69 Å². The van der Waals surface area contributed by atoms with Gasteiger partial charge in [-0.1, -0.05) is 32.9 Å². The fourth-order valence-corrected chi connectivity index (χ4v) is 5.57. The van der Waals surface area contributed by atoms with Crippen LogP contribution in [0.4, 0.5) is 0 Å². The summed E-state index contributed by atoms with van der Waals surface area (Å²) in [5.74, 6) is 0.687. The molecule has 2 heterocycles. The number of hydrogen-bond acceptors (Lipinski definition) is 5. The monoisotopic (exact) mass is 485 g/mol. The van der Waals surface area contributed by atoms with Gasteiger partial charge in [0.25, 0.3) is 5.91 Å². The van der Waals surface area contributed by atoms with Gasteiger partial charge in [0.05, 0.1) is 19.1 Å². The molecule has 2 aromatic carbocycles. The van der Waals surface area contributed by atoms with E-state index in [-0.39, 0.29) is 29.3 Å². The normalized spacial score (nSPS) is 15.5. The van der Waals surface area contributed by atoms with E-state index in [1.165, 1.54) is 36.2 Å². The first kappa shape index (κ1) is 24.1. The quantitative estimate of drug-likeness (QED) is 0.596. The van der Waals surface area contributed by atoms with Crippen molar-refractivity contribution in [3.05, 3.63) is 53.7 Å². The number of H-pyrrole nitrogens is 1. The molecule has 1 aromatic heterocycles. The molecule has 1 fully saturated rings. The molecule has 0 unspecified atom stereocenters. The first-order chi connectivity index (χ1) is 16.0. The van der Waals surface area contributed by atoms with Crippen molar-refractivity contribution in [2.24, 2.45) is 0 Å². The van der Waals surface area contributed by atoms with Crippen LogP contribution in [0.15, 0.2) is 47.4 Å². The number of piperazine rings is 1. The molecule has 1 N–H and O–H groups in total. The molecule has 8 nitrogen and oxygen atoms in total. The van der Waals surface area contributed by atoms with Gasteiger partial charge in [-0.3, -0.25) is 4.79 Å². The molecule has 0 aliphatic carbocycles. The lowest BCUT2D eigenvalue weighted by Crippen LogP contribution is -2.50. The molecule has 34 heavy (non-hydrogen) atoms. The minimum atomic E-state index is -3.72. The van der Waals surface area contributed by atoms with Gasteiger partial charge in [-0.2, -0.15) is 4.31 Å². The molecule has 1 amide bonds. The number of aromatic nitrogens is 1. The standard InChI is InChI=1S/C25H31N3O5S/c1-25(2,3)18-7-6-17-14-21(26-20(17)15-18)24(29)27-10-12-28(13-11-27)34(30,31)19-8-9-22(32-4)23(16-19)33-5/h6-9,14-16,26H,10-13H2,1-5H3. The summed E-state index contributed by atoms with van der Waals surface area (Å²) in [6, 6.07) is 12.6. The average molecular weight is 486 g/mol. The van der Waals surface area contributed by atoms with E-state index in [2.05, 4.69) is 37.9 Å². The third-order valence-corrected chi connectivity index (χ3v) is 8.13. The van der Waals surface area contributed by atoms with Crippen molar-refractivity contribution in [1.82, 2.24) is 14.2 Å². The number of amides is 1. The van der Waals surface area contributed by atoms with E-state index in [4.69, 9.17) is 9.47 Å². The van der Waals surface area contributed by atoms with Crippen molar-refractivity contribution < 1.29 is 22.7 Å². The van der Waals surface area contributed by atoms with E-state index in [0.29, 0.717) is 30.3 Å². The maximum Gasteiger partial charge on any atom is 0.270 e. The van der Waals surface area contributed by atoms with Crippen LogP contribution in [0.25, 0.3) is 10.9 Å². The molecule has 9 heteroatoms. The van der Waals surface area contributed by atoms with Crippen LogP contribution < -0.4 is 9.47 Å². The molecule has 0 spiro atoms. The minimum Gasteiger partial charge on any atom is -0.493 e. The highest BCUT2D eigenvalue weighted by atomic mass is 32.2. The van der Waals surface area contributed by atoms with Crippen molar-refractivity contribution in [3.8, 4) is 11.5 Å². The SMILES string of the molecule is COc1ccc(S(=O)(=O)N2CCN(C(=O)c3cc4ccc(C(C)(C)C)cc4[nH]3)CC2)cc1OC. The molecule has 1 aliphatic rings. The number of carbonyl (C=O) groups excluding carboxylic acids is 1. The van der Waals surface area contributed by atoms with E-state index >= 15 is 0 Å². The van der Waals surface area contributed by atoms with E-state index < -0.39 is 10.0 Å². The number of methoxy groups -OCH3 is 2. The minimum absolute atomic E-state index is 0.0131. The second-order valence-electron chi connectivity index (χ2n) is 9.45. The van der Waals surface area contributed by atoms with Crippen molar-refractivity contribution in [3.63, 3.8) is 0 Å². The summed E-state index contributed by atoms with van der Waals surface area (Å²) >= 11 is 0. The highest BCUT2D eigenvalue weighted by Crippen LogP contribution is 2.31. The molecule has 0 bridgehead atoms. The predicted molar refractivity (Wildman–Crippen MR) is 131 cm³/mol. The fourth-order valence-electron chi connectivity index (χ4n) is 4.14. The molecule has 182 valence electrons. The number of ether oxygens (including phenoxy) is 2. The molecule has 1 aliphatic heterocycles. The van der Waals surface area contributed by atoms with Crippen molar-refractivity contribution >= 4 is 26.8 Å². The smallest absolute Gasteiger partial charge is 0.270 e. The Kier molecular flexibility index (Phi) is 6.35. The van der Waals surface area contributed by atoms with Gasteiger partial charge < -0.3 is 19.4 Å². The number of fused-ring (bicyclic) bond motifs is 1. The third kappa shape index (κ3) is 4.50. The summed E-state index contributed by atoms with van der Waals surface area (Å²) in [4.78, 5) is 18.2. The number of sulfonamides is 1. The first-order valence-corrected chi connectivity index (χ1v) is 12.6. The lowest BCUT2D eigenvalue weighted by atomic mass is 9.87. The lowest BCUT2D eigenvalue weighted by molar-refractivity contribution is 0.0693. The molecule has 0 atom stereocenters. The van der Waals surface area contributed by atoms with Crippen molar-refractivity contribution in [1.29, 1.82) is 0 Å². The van der Waals surface area contributed by atoms with Crippen LogP contribution >= 0.6 is 0 Å². The van der Waals surface area contributed by atoms with Crippen LogP contribution in [0.5, 0.6) is 11.5 Å². The molecular weight excluding hydrogens is 454 g/mol. The Morgan fingerprint density at radius 1 is 0.912 bits per heavy atom. The summed E-state index contributed by atoms with van der Waals surface area (Å²) in [5, 5.41) is 0.978. The number of nitrogens with one attached hydrogen (secondary N) is 1. The predicted octanol–water partition coefficient (Wildman–Crippen LogP) is 3.63. The number of rotatable bonds is 5. The van der Waals surface area contributed by atoms with Crippen LogP contribution in [-0.2, 0) is 15.4 Å². The van der Waals surface area contributed by atoms with Crippen LogP contribution in [-0.4, -0.2) is 68.9 Å². The van der Waals surface area contributed by atoms with Crippen LogP contribution in [0.3, 0.4) is 0 Å². The van der Waals surface area contributed by atoms with E-state index in [1.807, 2.05) is 12.1 Å². The van der Waals surface area contributed by atoms with Gasteiger partial charge in [-0.05, 0) is 35.2 Å². The summed E-state index contributed by atoms with van der Waals surface area (Å²) < 4.78 is 38.1. The molecule has 4 rings (SSSR count). The summed E-state index contributed by atoms with van der Waals surface area (Å²) in [6.45, 7) is 7.52. The Balaban J connectivity index is 1.47. The number of benzene rings is 2. The Morgan fingerprint density at radius 2 is 1.59 bits per heavy atom. The Hall–Kier alpha value is -3.04. The zero-order valence-corrected chi connectivity index (χ0v) is 21.0. The van der Waals surface area contributed by atoms with Crippen LogP contribution in [0.2, 0.25) is 0 Å². The van der Waals surface area contributed by atoms with E-state index in [9.17, 15) is 13.2 Å². The largest absolute Gasteiger partial charge is 0.493 e. The second kappa shape index (κ2) is 8.96. The van der Waals surface area contributed by atoms with Crippen molar-refractivity contribution in [2.45, 2.75) is 31.1 Å². The molecule has 0 radical (unpaired) electrons. The number of carbonyl (C=O) groups is 1. The van der Waals surface area contributed by atoms with Gasteiger partial charge >= 0.3 is 0 Å². The summed E-state index contributed by atoms with van der Waals surface area (Å²) in [6.07, 6.45) is 0. The zero-order chi connectivity index (χ0) is 24.7. The number of aromatic amines is 1. The topological polar surface area (TPSA) is 91.9 Å². The van der Waals surface area contributed by atoms with Gasteiger partial charge in [0.15, 0.2) is 11.5 Å². The van der Waals surface area contributed by atoms with Gasteiger partial charge in [0, 0.05) is 43.1 Å². The third-order valence-electron chi connectivity index (χ3n) is 6.24. The number of hydrogen-bond donors (Lipinski definition) is 1. The maximum atomic E-state index is 13.2. The second-order valence-corrected chi connectivity index (χ2v) is 11.4. The molecule has 0 saturated carbocycles. The molecule has 1 saturated heterocycles. The van der Waals surface area contributed by atoms with E-state index in [0.717, 1.165) is 10.9 Å². The average Bonchev–Trinajstić information content (AvgIpc) is 3.26. The highest BCUT2D eigenvalue weighted by Gasteiger charge is 2.31. The molecule has 3 aromatic rings. The zero-order valence-electron chi connectivity index (χ0n) is 20.2. The Morgan fingerprint density at radius 3 is 2.21 bits per heavy atom. The first-order valence-electron chi connectivity index (χ1n) is 11.2. The van der Waals surface area contributed by atoms with E-state index in [1.54, 1.807) is 11.0 Å².